The quantitative estimate of drug-likeness (QED) is 0.587. The summed E-state index contributed by atoms with van der Waals surface area (Å²) in [7, 11) is 2.17. The summed E-state index contributed by atoms with van der Waals surface area (Å²) in [5, 5.41) is 3.61. The third kappa shape index (κ3) is 1.30. The van der Waals surface area contributed by atoms with Crippen molar-refractivity contribution in [2.75, 3.05) is 33.3 Å². The van der Waals surface area contributed by atoms with Crippen molar-refractivity contribution in [3.05, 3.63) is 0 Å². The molecule has 0 bridgehead atoms. The van der Waals surface area contributed by atoms with Gasteiger partial charge in [0.2, 0.25) is 0 Å². The monoisotopic (exact) mass is 182 g/mol. The van der Waals surface area contributed by atoms with E-state index in [-0.39, 0.29) is 5.72 Å². The molecule has 3 fully saturated rings. The maximum Gasteiger partial charge on any atom is 0.133 e. The molecule has 74 valence electrons. The van der Waals surface area contributed by atoms with Gasteiger partial charge in [-0.3, -0.25) is 5.32 Å². The molecule has 3 aliphatic rings. The van der Waals surface area contributed by atoms with E-state index in [1.165, 1.54) is 25.9 Å². The fraction of sp³-hybridized carbons (Fsp3) is 1.00. The Hall–Kier alpha value is -0.120. The SMILES string of the molecule is CN1CCC2(C1)NCC1(CC1)CO2. The van der Waals surface area contributed by atoms with Gasteiger partial charge in [0, 0.05) is 31.5 Å². The number of likely N-dealkylation sites (N-methyl/N-ethyl adjacent to an activating group) is 1. The average molecular weight is 182 g/mol. The summed E-state index contributed by atoms with van der Waals surface area (Å²) >= 11 is 0. The second-order valence-corrected chi connectivity index (χ2v) is 5.12. The minimum Gasteiger partial charge on any atom is -0.359 e. The Morgan fingerprint density at radius 2 is 2.15 bits per heavy atom. The van der Waals surface area contributed by atoms with Crippen LogP contribution in [0, 0.1) is 5.41 Å². The van der Waals surface area contributed by atoms with Gasteiger partial charge in [-0.2, -0.15) is 0 Å². The van der Waals surface area contributed by atoms with Crippen LogP contribution in [0.4, 0.5) is 0 Å². The fourth-order valence-electron chi connectivity index (χ4n) is 2.47. The van der Waals surface area contributed by atoms with Crippen molar-refractivity contribution in [2.45, 2.75) is 25.0 Å². The molecule has 1 N–H and O–H groups in total. The first kappa shape index (κ1) is 8.21. The van der Waals surface area contributed by atoms with Gasteiger partial charge in [0.1, 0.15) is 5.72 Å². The number of nitrogens with zero attached hydrogens (tertiary/aromatic N) is 1. The normalized spacial score (nSPS) is 43.2. The molecular weight excluding hydrogens is 164 g/mol. The summed E-state index contributed by atoms with van der Waals surface area (Å²) in [5.41, 5.74) is 0.564. The lowest BCUT2D eigenvalue weighted by atomic mass is 10.0. The van der Waals surface area contributed by atoms with Gasteiger partial charge in [-0.1, -0.05) is 0 Å². The number of hydrogen-bond acceptors (Lipinski definition) is 3. The molecule has 0 aromatic rings. The Labute approximate surface area is 79.4 Å². The van der Waals surface area contributed by atoms with Crippen LogP contribution in [0.25, 0.3) is 0 Å². The van der Waals surface area contributed by atoms with Crippen LogP contribution in [0.2, 0.25) is 0 Å². The van der Waals surface area contributed by atoms with Crippen molar-refractivity contribution in [1.82, 2.24) is 10.2 Å². The molecule has 0 aromatic carbocycles. The van der Waals surface area contributed by atoms with Gasteiger partial charge in [-0.15, -0.1) is 0 Å². The average Bonchev–Trinajstić information content (AvgIpc) is 2.80. The number of nitrogens with one attached hydrogen (secondary N) is 1. The van der Waals surface area contributed by atoms with Gasteiger partial charge in [-0.05, 0) is 19.9 Å². The lowest BCUT2D eigenvalue weighted by molar-refractivity contribution is -0.113. The molecule has 2 aliphatic heterocycles. The Balaban J connectivity index is 1.67. The van der Waals surface area contributed by atoms with Crippen LogP contribution in [0.15, 0.2) is 0 Å². The van der Waals surface area contributed by atoms with E-state index < -0.39 is 0 Å². The van der Waals surface area contributed by atoms with Crippen molar-refractivity contribution < 1.29 is 4.74 Å². The van der Waals surface area contributed by atoms with E-state index in [4.69, 9.17) is 4.74 Å². The first-order chi connectivity index (χ1) is 6.22. The van der Waals surface area contributed by atoms with Gasteiger partial charge >= 0.3 is 0 Å². The largest absolute Gasteiger partial charge is 0.359 e. The standard InChI is InChI=1S/C10H18N2O/c1-12-5-4-10(7-12)11-6-9(2-3-9)8-13-10/h11H,2-8H2,1H3. The highest BCUT2D eigenvalue weighted by molar-refractivity contribution is 5.02. The summed E-state index contributed by atoms with van der Waals surface area (Å²) in [6.07, 6.45) is 3.89. The summed E-state index contributed by atoms with van der Waals surface area (Å²) in [6.45, 7) is 4.40. The number of hydrogen-bond donors (Lipinski definition) is 1. The highest BCUT2D eigenvalue weighted by atomic mass is 16.5. The smallest absolute Gasteiger partial charge is 0.133 e. The van der Waals surface area contributed by atoms with Crippen LogP contribution in [-0.2, 0) is 4.74 Å². The van der Waals surface area contributed by atoms with Crippen LogP contribution in [-0.4, -0.2) is 43.9 Å². The van der Waals surface area contributed by atoms with E-state index in [0.29, 0.717) is 5.41 Å². The number of likely N-dealkylation sites (tertiary alicyclic amines) is 1. The highest BCUT2D eigenvalue weighted by Crippen LogP contribution is 2.48. The third-order valence-corrected chi connectivity index (χ3v) is 3.82. The van der Waals surface area contributed by atoms with E-state index in [1.54, 1.807) is 0 Å². The molecule has 13 heavy (non-hydrogen) atoms. The minimum absolute atomic E-state index is 0.0165. The molecule has 2 spiro atoms. The lowest BCUT2D eigenvalue weighted by Crippen LogP contribution is -2.56. The molecule has 1 atom stereocenters. The molecule has 3 nitrogen and oxygen atoms in total. The zero-order valence-corrected chi connectivity index (χ0v) is 8.31. The van der Waals surface area contributed by atoms with Crippen molar-refractivity contribution in [1.29, 1.82) is 0 Å². The maximum absolute atomic E-state index is 6.02. The van der Waals surface area contributed by atoms with Gasteiger partial charge in [0.15, 0.2) is 0 Å². The van der Waals surface area contributed by atoms with Crippen molar-refractivity contribution in [3.8, 4) is 0 Å². The fourth-order valence-corrected chi connectivity index (χ4v) is 2.47. The molecule has 0 aromatic heterocycles. The Bertz CT molecular complexity index is 215. The summed E-state index contributed by atoms with van der Waals surface area (Å²) < 4.78 is 6.02. The zero-order chi connectivity index (χ0) is 8.94. The molecule has 1 saturated carbocycles. The molecule has 0 radical (unpaired) electrons. The molecule has 2 saturated heterocycles. The van der Waals surface area contributed by atoms with Crippen LogP contribution in [0.3, 0.4) is 0 Å². The summed E-state index contributed by atoms with van der Waals surface area (Å²) in [6, 6.07) is 0. The summed E-state index contributed by atoms with van der Waals surface area (Å²) in [4.78, 5) is 2.35. The van der Waals surface area contributed by atoms with Crippen LogP contribution >= 0.6 is 0 Å². The molecule has 1 aliphatic carbocycles. The van der Waals surface area contributed by atoms with Gasteiger partial charge < -0.3 is 9.64 Å². The number of rotatable bonds is 0. The van der Waals surface area contributed by atoms with E-state index >= 15 is 0 Å². The van der Waals surface area contributed by atoms with Crippen LogP contribution in [0.5, 0.6) is 0 Å². The maximum atomic E-state index is 6.02. The first-order valence-corrected chi connectivity index (χ1v) is 5.30. The number of ether oxygens (including phenoxy) is 1. The topological polar surface area (TPSA) is 24.5 Å². The summed E-state index contributed by atoms with van der Waals surface area (Å²) in [5.74, 6) is 0. The van der Waals surface area contributed by atoms with Crippen molar-refractivity contribution in [3.63, 3.8) is 0 Å². The van der Waals surface area contributed by atoms with Crippen molar-refractivity contribution in [2.24, 2.45) is 5.41 Å². The Kier molecular flexibility index (Phi) is 1.56. The van der Waals surface area contributed by atoms with Gasteiger partial charge in [0.05, 0.1) is 6.61 Å². The van der Waals surface area contributed by atoms with Crippen molar-refractivity contribution >= 4 is 0 Å². The predicted molar refractivity (Wildman–Crippen MR) is 50.5 cm³/mol. The Morgan fingerprint density at radius 3 is 2.62 bits per heavy atom. The van der Waals surface area contributed by atoms with E-state index in [2.05, 4.69) is 17.3 Å². The zero-order valence-electron chi connectivity index (χ0n) is 8.31. The minimum atomic E-state index is 0.0165. The van der Waals surface area contributed by atoms with E-state index in [1.807, 2.05) is 0 Å². The predicted octanol–water partition coefficient (Wildman–Crippen LogP) is 0.418. The molecule has 2 heterocycles. The third-order valence-electron chi connectivity index (χ3n) is 3.82. The second kappa shape index (κ2) is 2.47. The second-order valence-electron chi connectivity index (χ2n) is 5.12. The molecule has 0 amide bonds. The van der Waals surface area contributed by atoms with Crippen LogP contribution in [0.1, 0.15) is 19.3 Å². The molecular formula is C10H18N2O. The highest BCUT2D eigenvalue weighted by Gasteiger charge is 2.51. The lowest BCUT2D eigenvalue weighted by Gasteiger charge is -2.38. The first-order valence-electron chi connectivity index (χ1n) is 5.30. The van der Waals surface area contributed by atoms with Gasteiger partial charge in [0.25, 0.3) is 0 Å². The van der Waals surface area contributed by atoms with E-state index in [9.17, 15) is 0 Å². The molecule has 3 rings (SSSR count). The molecule has 1 unspecified atom stereocenters. The van der Waals surface area contributed by atoms with Gasteiger partial charge in [-0.25, -0.2) is 0 Å². The van der Waals surface area contributed by atoms with Crippen LogP contribution < -0.4 is 5.32 Å². The molecule has 3 heteroatoms. The van der Waals surface area contributed by atoms with E-state index in [0.717, 1.165) is 19.6 Å². The Morgan fingerprint density at radius 1 is 1.31 bits per heavy atom.